The highest BCUT2D eigenvalue weighted by Crippen LogP contribution is 2.24. The maximum atomic E-state index is 12.4. The van der Waals surface area contributed by atoms with Crippen LogP contribution in [0.3, 0.4) is 0 Å². The Hall–Kier alpha value is -3.02. The number of hydrogen-bond acceptors (Lipinski definition) is 5. The van der Waals surface area contributed by atoms with Crippen LogP contribution in [-0.4, -0.2) is 34.7 Å². The number of nitrogens with one attached hydrogen (secondary N) is 1. The van der Waals surface area contributed by atoms with E-state index < -0.39 is 0 Å². The molecule has 1 saturated heterocycles. The maximum absolute atomic E-state index is 12.4. The number of aryl methyl sites for hydroxylation is 1. The highest BCUT2D eigenvalue weighted by atomic mass is 16.1. The predicted molar refractivity (Wildman–Crippen MR) is 100 cm³/mol. The largest absolute Gasteiger partial charge is 0.341 e. The number of rotatable bonds is 4. The quantitative estimate of drug-likeness (QED) is 0.679. The summed E-state index contributed by atoms with van der Waals surface area (Å²) in [5.74, 6) is 0.699. The van der Waals surface area contributed by atoms with Crippen LogP contribution in [0.25, 0.3) is 6.08 Å². The molecule has 3 heterocycles. The second-order valence-electron chi connectivity index (χ2n) is 6.63. The SMILES string of the molecule is O=C1CCc2cc(C(=O)/C=C/c3cnc(N4CCCC4)nc3)ccc2N1. The molecule has 2 aliphatic heterocycles. The number of hydrogen-bond donors (Lipinski definition) is 1. The molecule has 2 aromatic rings. The van der Waals surface area contributed by atoms with E-state index in [1.165, 1.54) is 18.9 Å². The molecule has 26 heavy (non-hydrogen) atoms. The molecule has 132 valence electrons. The molecule has 4 rings (SSSR count). The van der Waals surface area contributed by atoms with Crippen molar-refractivity contribution < 1.29 is 9.59 Å². The van der Waals surface area contributed by atoms with Crippen LogP contribution in [0.15, 0.2) is 36.7 Å². The highest BCUT2D eigenvalue weighted by Gasteiger charge is 2.16. The second-order valence-corrected chi connectivity index (χ2v) is 6.63. The van der Waals surface area contributed by atoms with Gasteiger partial charge in [-0.25, -0.2) is 9.97 Å². The minimum absolute atomic E-state index is 0.0221. The van der Waals surface area contributed by atoms with Crippen LogP contribution in [-0.2, 0) is 11.2 Å². The number of nitrogens with zero attached hydrogens (tertiary/aromatic N) is 3. The van der Waals surface area contributed by atoms with Crippen molar-refractivity contribution in [3.63, 3.8) is 0 Å². The molecule has 0 bridgehead atoms. The van der Waals surface area contributed by atoms with Crippen LogP contribution in [0.2, 0.25) is 0 Å². The average Bonchev–Trinajstić information content (AvgIpc) is 3.21. The molecule has 1 aromatic carbocycles. The highest BCUT2D eigenvalue weighted by molar-refractivity contribution is 6.07. The first-order chi connectivity index (χ1) is 12.7. The van der Waals surface area contributed by atoms with Crippen LogP contribution in [0, 0.1) is 0 Å². The molecule has 0 aliphatic carbocycles. The third-order valence-electron chi connectivity index (χ3n) is 4.76. The molecular formula is C20H20N4O2. The smallest absolute Gasteiger partial charge is 0.225 e. The van der Waals surface area contributed by atoms with Crippen molar-refractivity contribution in [3.8, 4) is 0 Å². The molecule has 6 heteroatoms. The topological polar surface area (TPSA) is 75.2 Å². The minimum Gasteiger partial charge on any atom is -0.341 e. The Bertz CT molecular complexity index is 868. The van der Waals surface area contributed by atoms with E-state index in [2.05, 4.69) is 20.2 Å². The fourth-order valence-corrected chi connectivity index (χ4v) is 3.30. The van der Waals surface area contributed by atoms with Crippen LogP contribution >= 0.6 is 0 Å². The van der Waals surface area contributed by atoms with Gasteiger partial charge in [-0.1, -0.05) is 0 Å². The summed E-state index contributed by atoms with van der Waals surface area (Å²) in [4.78, 5) is 34.8. The fourth-order valence-electron chi connectivity index (χ4n) is 3.30. The molecular weight excluding hydrogens is 328 g/mol. The second kappa shape index (κ2) is 7.07. The van der Waals surface area contributed by atoms with Crippen LogP contribution in [0.5, 0.6) is 0 Å². The molecule has 2 aliphatic rings. The Balaban J connectivity index is 1.45. The van der Waals surface area contributed by atoms with Gasteiger partial charge in [-0.3, -0.25) is 9.59 Å². The molecule has 0 spiro atoms. The lowest BCUT2D eigenvalue weighted by molar-refractivity contribution is -0.116. The van der Waals surface area contributed by atoms with Gasteiger partial charge in [-0.05, 0) is 55.2 Å². The van der Waals surface area contributed by atoms with Crippen LogP contribution in [0.1, 0.15) is 40.7 Å². The van der Waals surface area contributed by atoms with Gasteiger partial charge in [0.2, 0.25) is 11.9 Å². The van der Waals surface area contributed by atoms with Gasteiger partial charge >= 0.3 is 0 Å². The zero-order chi connectivity index (χ0) is 17.9. The van der Waals surface area contributed by atoms with Crippen molar-refractivity contribution >= 4 is 29.4 Å². The Morgan fingerprint density at radius 1 is 1.12 bits per heavy atom. The van der Waals surface area contributed by atoms with E-state index in [-0.39, 0.29) is 11.7 Å². The number of benzene rings is 1. The lowest BCUT2D eigenvalue weighted by Crippen LogP contribution is -2.20. The predicted octanol–water partition coefficient (Wildman–Crippen LogP) is 2.86. The first-order valence-electron chi connectivity index (χ1n) is 8.91. The zero-order valence-corrected chi connectivity index (χ0v) is 14.4. The molecule has 0 saturated carbocycles. The molecule has 1 aromatic heterocycles. The Morgan fingerprint density at radius 3 is 2.65 bits per heavy atom. The molecule has 6 nitrogen and oxygen atoms in total. The van der Waals surface area contributed by atoms with Gasteiger partial charge in [0.15, 0.2) is 5.78 Å². The van der Waals surface area contributed by atoms with Crippen LogP contribution in [0.4, 0.5) is 11.6 Å². The number of allylic oxidation sites excluding steroid dienone is 1. The third kappa shape index (κ3) is 3.49. The third-order valence-corrected chi connectivity index (χ3v) is 4.76. The summed E-state index contributed by atoms with van der Waals surface area (Å²) in [5, 5.41) is 2.82. The van der Waals surface area contributed by atoms with E-state index in [0.29, 0.717) is 18.4 Å². The summed E-state index contributed by atoms with van der Waals surface area (Å²) in [6, 6.07) is 5.39. The van der Waals surface area contributed by atoms with Gasteiger partial charge in [0, 0.05) is 48.7 Å². The van der Waals surface area contributed by atoms with Gasteiger partial charge < -0.3 is 10.2 Å². The van der Waals surface area contributed by atoms with Gasteiger partial charge in [0.25, 0.3) is 0 Å². The lowest BCUT2D eigenvalue weighted by Gasteiger charge is -2.16. The van der Waals surface area contributed by atoms with E-state index >= 15 is 0 Å². The Labute approximate surface area is 152 Å². The summed E-state index contributed by atoms with van der Waals surface area (Å²) in [7, 11) is 0. The Kier molecular flexibility index (Phi) is 4.48. The standard InChI is InChI=1S/C20H20N4O2/c25-18(16-4-6-17-15(11-16)5-8-19(26)23-17)7-3-14-12-21-20(22-13-14)24-9-1-2-10-24/h3-4,6-7,11-13H,1-2,5,8-10H2,(H,23,26)/b7-3+. The van der Waals surface area contributed by atoms with E-state index in [0.717, 1.165) is 35.9 Å². The van der Waals surface area contributed by atoms with Crippen molar-refractivity contribution in [1.82, 2.24) is 9.97 Å². The minimum atomic E-state index is -0.0756. The number of fused-ring (bicyclic) bond motifs is 1. The van der Waals surface area contributed by atoms with Crippen molar-refractivity contribution in [2.75, 3.05) is 23.3 Å². The average molecular weight is 348 g/mol. The fraction of sp³-hybridized carbons (Fsp3) is 0.300. The zero-order valence-electron chi connectivity index (χ0n) is 14.4. The number of amides is 1. The van der Waals surface area contributed by atoms with Crippen molar-refractivity contribution in [2.24, 2.45) is 0 Å². The molecule has 0 radical (unpaired) electrons. The number of carbonyl (C=O) groups excluding carboxylic acids is 2. The van der Waals surface area contributed by atoms with Crippen molar-refractivity contribution in [3.05, 3.63) is 53.4 Å². The first-order valence-corrected chi connectivity index (χ1v) is 8.91. The normalized spacial score (nSPS) is 16.6. The van der Waals surface area contributed by atoms with E-state index in [1.54, 1.807) is 30.6 Å². The lowest BCUT2D eigenvalue weighted by atomic mass is 9.98. The van der Waals surface area contributed by atoms with Crippen LogP contribution < -0.4 is 10.2 Å². The van der Waals surface area contributed by atoms with E-state index in [1.807, 2.05) is 6.07 Å². The molecule has 1 amide bonds. The summed E-state index contributed by atoms with van der Waals surface area (Å²) >= 11 is 0. The number of anilines is 2. The first kappa shape index (κ1) is 16.4. The molecule has 0 atom stereocenters. The van der Waals surface area contributed by atoms with E-state index in [9.17, 15) is 9.59 Å². The summed E-state index contributed by atoms with van der Waals surface area (Å²) < 4.78 is 0. The van der Waals surface area contributed by atoms with Crippen molar-refractivity contribution in [1.29, 1.82) is 0 Å². The molecule has 1 fully saturated rings. The van der Waals surface area contributed by atoms with Crippen molar-refractivity contribution in [2.45, 2.75) is 25.7 Å². The van der Waals surface area contributed by atoms with Gasteiger partial charge in [0.1, 0.15) is 0 Å². The summed E-state index contributed by atoms with van der Waals surface area (Å²) in [6.45, 7) is 2.01. The van der Waals surface area contributed by atoms with E-state index in [4.69, 9.17) is 0 Å². The van der Waals surface area contributed by atoms with Gasteiger partial charge in [0.05, 0.1) is 0 Å². The maximum Gasteiger partial charge on any atom is 0.225 e. The number of carbonyl (C=O) groups is 2. The Morgan fingerprint density at radius 2 is 1.88 bits per heavy atom. The molecule has 1 N–H and O–H groups in total. The summed E-state index contributed by atoms with van der Waals surface area (Å²) in [6.07, 6.45) is 10.3. The summed E-state index contributed by atoms with van der Waals surface area (Å²) in [5.41, 5.74) is 3.21. The number of aromatic nitrogens is 2. The monoisotopic (exact) mass is 348 g/mol. The molecule has 0 unspecified atom stereocenters. The van der Waals surface area contributed by atoms with Gasteiger partial charge in [-0.2, -0.15) is 0 Å². The number of ketones is 1. The van der Waals surface area contributed by atoms with Gasteiger partial charge in [-0.15, -0.1) is 0 Å².